The summed E-state index contributed by atoms with van der Waals surface area (Å²) >= 11 is 1.81. The second kappa shape index (κ2) is 5.79. The first kappa shape index (κ1) is 13.5. The molecule has 7 heteroatoms. The Labute approximate surface area is 110 Å². The number of carbonyl (C=O) groups excluding carboxylic acids is 1. The highest BCUT2D eigenvalue weighted by molar-refractivity contribution is 7.99. The summed E-state index contributed by atoms with van der Waals surface area (Å²) < 4.78 is 0. The number of hydrogen-bond acceptors (Lipinski definition) is 4. The molecule has 2 N–H and O–H groups in total. The summed E-state index contributed by atoms with van der Waals surface area (Å²) in [4.78, 5) is 26.4. The summed E-state index contributed by atoms with van der Waals surface area (Å²) in [5.74, 6) is 0.887. The summed E-state index contributed by atoms with van der Waals surface area (Å²) in [5, 5.41) is 18.6. The van der Waals surface area contributed by atoms with Crippen molar-refractivity contribution in [2.45, 2.75) is 25.0 Å². The topological polar surface area (TPSA) is 81.1 Å². The van der Waals surface area contributed by atoms with Gasteiger partial charge < -0.3 is 20.0 Å². The number of carboxylic acid groups (broad SMARTS) is 1. The Balaban J connectivity index is 2.04. The van der Waals surface area contributed by atoms with Crippen molar-refractivity contribution < 1.29 is 19.8 Å². The fraction of sp³-hybridized carbons (Fsp3) is 0.818. The van der Waals surface area contributed by atoms with Crippen LogP contribution in [-0.2, 0) is 4.79 Å². The number of thioether (sulfide) groups is 1. The first-order valence-electron chi connectivity index (χ1n) is 6.13. The number of β-amino-alcohol motifs (C(OH)–C–C–N with tert-alkyl or cyclic N) is 1. The molecule has 2 aliphatic rings. The van der Waals surface area contributed by atoms with Crippen molar-refractivity contribution >= 4 is 23.8 Å². The van der Waals surface area contributed by atoms with Gasteiger partial charge in [-0.15, -0.1) is 0 Å². The molecular weight excluding hydrogens is 256 g/mol. The van der Waals surface area contributed by atoms with Crippen molar-refractivity contribution in [2.24, 2.45) is 0 Å². The quantitative estimate of drug-likeness (QED) is 0.707. The molecule has 2 fully saturated rings. The predicted molar refractivity (Wildman–Crippen MR) is 67.7 cm³/mol. The van der Waals surface area contributed by atoms with Crippen molar-refractivity contribution in [1.29, 1.82) is 0 Å². The molecule has 0 aliphatic carbocycles. The number of aliphatic hydroxyl groups excluding tert-OH is 1. The van der Waals surface area contributed by atoms with Gasteiger partial charge in [0.05, 0.1) is 6.10 Å². The average molecular weight is 274 g/mol. The third-order valence-corrected chi connectivity index (χ3v) is 4.35. The number of rotatable bonds is 1. The maximum Gasteiger partial charge on any atom is 0.326 e. The van der Waals surface area contributed by atoms with Crippen LogP contribution in [0.15, 0.2) is 0 Å². The predicted octanol–water partition coefficient (Wildman–Crippen LogP) is 0.0651. The number of urea groups is 1. The Kier molecular flexibility index (Phi) is 4.34. The van der Waals surface area contributed by atoms with Crippen LogP contribution in [-0.4, -0.2) is 75.3 Å². The van der Waals surface area contributed by atoms with E-state index in [2.05, 4.69) is 0 Å². The Hall–Kier alpha value is -0.950. The van der Waals surface area contributed by atoms with E-state index < -0.39 is 18.1 Å². The number of carbonyl (C=O) groups is 2. The van der Waals surface area contributed by atoms with E-state index in [0.29, 0.717) is 13.1 Å². The van der Waals surface area contributed by atoms with Gasteiger partial charge in [-0.1, -0.05) is 0 Å². The maximum atomic E-state index is 12.3. The molecule has 18 heavy (non-hydrogen) atoms. The number of carboxylic acids is 1. The smallest absolute Gasteiger partial charge is 0.326 e. The molecule has 2 aliphatic heterocycles. The van der Waals surface area contributed by atoms with Gasteiger partial charge in [0.25, 0.3) is 0 Å². The van der Waals surface area contributed by atoms with Gasteiger partial charge in [0.15, 0.2) is 0 Å². The zero-order chi connectivity index (χ0) is 13.1. The molecule has 2 rings (SSSR count). The van der Waals surface area contributed by atoms with Crippen molar-refractivity contribution in [2.75, 3.05) is 31.1 Å². The third kappa shape index (κ3) is 2.89. The molecule has 2 saturated heterocycles. The van der Waals surface area contributed by atoms with Gasteiger partial charge >= 0.3 is 12.0 Å². The fourth-order valence-electron chi connectivity index (χ4n) is 2.38. The molecule has 0 aromatic rings. The monoisotopic (exact) mass is 274 g/mol. The van der Waals surface area contributed by atoms with Crippen LogP contribution in [0.3, 0.4) is 0 Å². The number of hydrogen-bond donors (Lipinski definition) is 2. The molecule has 2 amide bonds. The maximum absolute atomic E-state index is 12.3. The van der Waals surface area contributed by atoms with Gasteiger partial charge in [-0.2, -0.15) is 11.8 Å². The van der Waals surface area contributed by atoms with Crippen LogP contribution in [0, 0.1) is 0 Å². The molecule has 2 atom stereocenters. The van der Waals surface area contributed by atoms with Crippen LogP contribution in [0.25, 0.3) is 0 Å². The first-order chi connectivity index (χ1) is 8.59. The number of amides is 2. The lowest BCUT2D eigenvalue weighted by Crippen LogP contribution is -2.48. The number of likely N-dealkylation sites (tertiary alicyclic amines) is 1. The normalized spacial score (nSPS) is 29.2. The lowest BCUT2D eigenvalue weighted by atomic mass is 10.2. The van der Waals surface area contributed by atoms with Crippen molar-refractivity contribution in [1.82, 2.24) is 9.80 Å². The molecule has 0 bridgehead atoms. The molecule has 0 aromatic heterocycles. The largest absolute Gasteiger partial charge is 0.480 e. The first-order valence-corrected chi connectivity index (χ1v) is 7.29. The van der Waals surface area contributed by atoms with Gasteiger partial charge in [-0.25, -0.2) is 9.59 Å². The Morgan fingerprint density at radius 1 is 1.22 bits per heavy atom. The van der Waals surface area contributed by atoms with Crippen LogP contribution >= 0.6 is 11.8 Å². The van der Waals surface area contributed by atoms with E-state index in [-0.39, 0.29) is 19.0 Å². The summed E-state index contributed by atoms with van der Waals surface area (Å²) in [5.41, 5.74) is 0. The van der Waals surface area contributed by atoms with Crippen LogP contribution in [0.2, 0.25) is 0 Å². The third-order valence-electron chi connectivity index (χ3n) is 3.30. The molecular formula is C11H18N2O4S. The Morgan fingerprint density at radius 3 is 2.72 bits per heavy atom. The van der Waals surface area contributed by atoms with Crippen LogP contribution < -0.4 is 0 Å². The van der Waals surface area contributed by atoms with E-state index in [1.165, 1.54) is 4.90 Å². The van der Waals surface area contributed by atoms with Crippen LogP contribution in [0.4, 0.5) is 4.79 Å². The number of aliphatic carboxylic acids is 1. The second-order valence-electron chi connectivity index (χ2n) is 4.63. The zero-order valence-electron chi connectivity index (χ0n) is 10.1. The fourth-order valence-corrected chi connectivity index (χ4v) is 3.27. The average Bonchev–Trinajstić information content (AvgIpc) is 2.56. The Morgan fingerprint density at radius 2 is 2.00 bits per heavy atom. The van der Waals surface area contributed by atoms with E-state index in [1.54, 1.807) is 4.90 Å². The standard InChI is InChI=1S/C11H18N2O4S/c14-8-6-9(10(15)16)13(7-8)11(17)12-2-1-4-18-5-3-12/h8-9,14H,1-7H2,(H,15,16)/t8?,9-/m0/s1. The minimum Gasteiger partial charge on any atom is -0.480 e. The number of aliphatic hydroxyl groups is 1. The van der Waals surface area contributed by atoms with Crippen LogP contribution in [0.5, 0.6) is 0 Å². The molecule has 0 saturated carbocycles. The second-order valence-corrected chi connectivity index (χ2v) is 5.86. The Bertz CT molecular complexity index is 331. The molecule has 6 nitrogen and oxygen atoms in total. The molecule has 102 valence electrons. The van der Waals surface area contributed by atoms with E-state index in [9.17, 15) is 14.7 Å². The summed E-state index contributed by atoms with van der Waals surface area (Å²) in [6.45, 7) is 1.45. The van der Waals surface area contributed by atoms with Crippen molar-refractivity contribution in [3.8, 4) is 0 Å². The SMILES string of the molecule is O=C(O)[C@@H]1CC(O)CN1C(=O)N1CCCSCC1. The summed E-state index contributed by atoms with van der Waals surface area (Å²) in [6, 6.07) is -1.13. The lowest BCUT2D eigenvalue weighted by molar-refractivity contribution is -0.141. The van der Waals surface area contributed by atoms with Gasteiger partial charge in [0.1, 0.15) is 6.04 Å². The molecule has 2 heterocycles. The van der Waals surface area contributed by atoms with Crippen molar-refractivity contribution in [3.63, 3.8) is 0 Å². The highest BCUT2D eigenvalue weighted by Gasteiger charge is 2.40. The number of nitrogens with zero attached hydrogens (tertiary/aromatic N) is 2. The zero-order valence-corrected chi connectivity index (χ0v) is 10.9. The van der Waals surface area contributed by atoms with E-state index in [0.717, 1.165) is 17.9 Å². The van der Waals surface area contributed by atoms with E-state index in [1.807, 2.05) is 11.8 Å². The van der Waals surface area contributed by atoms with Crippen LogP contribution in [0.1, 0.15) is 12.8 Å². The minimum absolute atomic E-state index is 0.124. The molecule has 0 aromatic carbocycles. The molecule has 1 unspecified atom stereocenters. The highest BCUT2D eigenvalue weighted by atomic mass is 32.2. The molecule has 0 radical (unpaired) electrons. The minimum atomic E-state index is -1.04. The van der Waals surface area contributed by atoms with Gasteiger partial charge in [-0.05, 0) is 12.2 Å². The lowest BCUT2D eigenvalue weighted by Gasteiger charge is -2.29. The van der Waals surface area contributed by atoms with E-state index in [4.69, 9.17) is 5.11 Å². The van der Waals surface area contributed by atoms with Crippen molar-refractivity contribution in [3.05, 3.63) is 0 Å². The molecule has 0 spiro atoms. The summed E-state index contributed by atoms with van der Waals surface area (Å²) in [6.07, 6.45) is 0.338. The van der Waals surface area contributed by atoms with Gasteiger partial charge in [-0.3, -0.25) is 0 Å². The van der Waals surface area contributed by atoms with Gasteiger partial charge in [0.2, 0.25) is 0 Å². The highest BCUT2D eigenvalue weighted by Crippen LogP contribution is 2.21. The van der Waals surface area contributed by atoms with E-state index >= 15 is 0 Å². The van der Waals surface area contributed by atoms with Gasteiger partial charge in [0, 0.05) is 31.8 Å². The summed E-state index contributed by atoms with van der Waals surface area (Å²) in [7, 11) is 0.